The maximum absolute atomic E-state index is 11.5. The summed E-state index contributed by atoms with van der Waals surface area (Å²) in [6.07, 6.45) is 0.594. The van der Waals surface area contributed by atoms with Gasteiger partial charge in [0.25, 0.3) is 0 Å². The third kappa shape index (κ3) is 3.09. The van der Waals surface area contributed by atoms with Crippen molar-refractivity contribution in [2.45, 2.75) is 32.0 Å². The van der Waals surface area contributed by atoms with Crippen molar-refractivity contribution in [1.29, 1.82) is 0 Å². The molecule has 4 nitrogen and oxygen atoms in total. The van der Waals surface area contributed by atoms with Gasteiger partial charge in [-0.05, 0) is 34.5 Å². The molecule has 0 heterocycles. The van der Waals surface area contributed by atoms with Gasteiger partial charge in [0.05, 0.1) is 11.6 Å². The summed E-state index contributed by atoms with van der Waals surface area (Å²) < 4.78 is 17.4. The highest BCUT2D eigenvalue weighted by molar-refractivity contribution is 9.10. The van der Waals surface area contributed by atoms with Crippen molar-refractivity contribution >= 4 is 21.7 Å². The van der Waals surface area contributed by atoms with Crippen molar-refractivity contribution in [3.63, 3.8) is 0 Å². The van der Waals surface area contributed by atoms with Crippen LogP contribution in [0.1, 0.15) is 19.8 Å². The molecular weight excluding hydrogens is 312 g/mol. The number of benzene rings is 1. The maximum Gasteiger partial charge on any atom is 0.175 e. The number of hydrogen-bond acceptors (Lipinski definition) is 4. The molecule has 2 unspecified atom stereocenters. The average molecular weight is 329 g/mol. The van der Waals surface area contributed by atoms with E-state index in [-0.39, 0.29) is 11.9 Å². The van der Waals surface area contributed by atoms with Crippen LogP contribution in [0, 0.1) is 0 Å². The highest BCUT2D eigenvalue weighted by Gasteiger charge is 2.43. The van der Waals surface area contributed by atoms with Gasteiger partial charge in [0.15, 0.2) is 23.4 Å². The summed E-state index contributed by atoms with van der Waals surface area (Å²) >= 11 is 3.43. The van der Waals surface area contributed by atoms with Gasteiger partial charge in [-0.25, -0.2) is 0 Å². The van der Waals surface area contributed by atoms with Gasteiger partial charge in [-0.1, -0.05) is 13.0 Å². The van der Waals surface area contributed by atoms with E-state index in [0.717, 1.165) is 10.9 Å². The molecule has 0 amide bonds. The SMILES string of the molecule is CCCOC1C(=O)CC1Oc1c(Br)cccc1OC. The lowest BCUT2D eigenvalue weighted by Crippen LogP contribution is -2.52. The van der Waals surface area contributed by atoms with Gasteiger partial charge in [-0.2, -0.15) is 0 Å². The monoisotopic (exact) mass is 328 g/mol. The topological polar surface area (TPSA) is 44.8 Å². The minimum atomic E-state index is -0.447. The van der Waals surface area contributed by atoms with E-state index in [1.165, 1.54) is 0 Å². The minimum Gasteiger partial charge on any atom is -0.493 e. The van der Waals surface area contributed by atoms with Crippen LogP contribution in [0.4, 0.5) is 0 Å². The Morgan fingerprint density at radius 3 is 2.84 bits per heavy atom. The van der Waals surface area contributed by atoms with E-state index in [4.69, 9.17) is 14.2 Å². The molecular formula is C14H17BrO4. The van der Waals surface area contributed by atoms with Crippen LogP contribution in [-0.2, 0) is 9.53 Å². The van der Waals surface area contributed by atoms with E-state index in [0.29, 0.717) is 24.5 Å². The van der Waals surface area contributed by atoms with E-state index in [9.17, 15) is 4.79 Å². The third-order valence-electron chi connectivity index (χ3n) is 2.98. The largest absolute Gasteiger partial charge is 0.493 e. The molecule has 1 fully saturated rings. The van der Waals surface area contributed by atoms with Crippen molar-refractivity contribution in [1.82, 2.24) is 0 Å². The number of carbonyl (C=O) groups is 1. The predicted molar refractivity (Wildman–Crippen MR) is 74.8 cm³/mol. The quantitative estimate of drug-likeness (QED) is 0.805. The highest BCUT2D eigenvalue weighted by atomic mass is 79.9. The van der Waals surface area contributed by atoms with E-state index >= 15 is 0 Å². The first-order valence-electron chi connectivity index (χ1n) is 6.30. The Morgan fingerprint density at radius 1 is 1.42 bits per heavy atom. The fourth-order valence-electron chi connectivity index (χ4n) is 1.93. The molecule has 1 aliphatic carbocycles. The normalized spacial score (nSPS) is 21.9. The molecule has 1 saturated carbocycles. The maximum atomic E-state index is 11.5. The Kier molecular flexibility index (Phi) is 4.82. The second kappa shape index (κ2) is 6.39. The molecule has 2 rings (SSSR count). The van der Waals surface area contributed by atoms with E-state index in [2.05, 4.69) is 15.9 Å². The second-order valence-electron chi connectivity index (χ2n) is 4.39. The molecule has 0 bridgehead atoms. The van der Waals surface area contributed by atoms with Crippen LogP contribution in [0.2, 0.25) is 0 Å². The molecule has 0 radical (unpaired) electrons. The lowest BCUT2D eigenvalue weighted by molar-refractivity contribution is -0.154. The Balaban J connectivity index is 2.07. The van der Waals surface area contributed by atoms with Crippen LogP contribution >= 0.6 is 15.9 Å². The summed E-state index contributed by atoms with van der Waals surface area (Å²) in [5.41, 5.74) is 0. The molecule has 19 heavy (non-hydrogen) atoms. The minimum absolute atomic E-state index is 0.101. The molecule has 0 aromatic heterocycles. The molecule has 1 aromatic carbocycles. The lowest BCUT2D eigenvalue weighted by atomic mass is 9.90. The Labute approximate surface area is 121 Å². The summed E-state index contributed by atoms with van der Waals surface area (Å²) in [5.74, 6) is 1.36. The van der Waals surface area contributed by atoms with Crippen LogP contribution in [0.5, 0.6) is 11.5 Å². The number of Topliss-reactive ketones (excluding diaryl/α,β-unsaturated/α-hetero) is 1. The van der Waals surface area contributed by atoms with Crippen molar-refractivity contribution in [3.05, 3.63) is 22.7 Å². The number of halogens is 1. The molecule has 5 heteroatoms. The molecule has 0 spiro atoms. The Morgan fingerprint density at radius 2 is 2.21 bits per heavy atom. The van der Waals surface area contributed by atoms with Gasteiger partial charge in [-0.15, -0.1) is 0 Å². The first-order chi connectivity index (χ1) is 9.17. The van der Waals surface area contributed by atoms with Crippen molar-refractivity contribution < 1.29 is 19.0 Å². The van der Waals surface area contributed by atoms with Crippen LogP contribution in [-0.4, -0.2) is 31.7 Å². The van der Waals surface area contributed by atoms with Crippen LogP contribution in [0.15, 0.2) is 22.7 Å². The Bertz CT molecular complexity index is 461. The smallest absolute Gasteiger partial charge is 0.175 e. The van der Waals surface area contributed by atoms with Crippen LogP contribution in [0.3, 0.4) is 0 Å². The summed E-state index contributed by atoms with van der Waals surface area (Å²) in [4.78, 5) is 11.5. The van der Waals surface area contributed by atoms with Crippen molar-refractivity contribution in [2.24, 2.45) is 0 Å². The molecule has 104 valence electrons. The van der Waals surface area contributed by atoms with Crippen molar-refractivity contribution in [3.8, 4) is 11.5 Å². The first-order valence-corrected chi connectivity index (χ1v) is 7.10. The van der Waals surface area contributed by atoms with E-state index < -0.39 is 6.10 Å². The average Bonchev–Trinajstić information content (AvgIpc) is 2.40. The highest BCUT2D eigenvalue weighted by Crippen LogP contribution is 2.38. The zero-order valence-corrected chi connectivity index (χ0v) is 12.6. The summed E-state index contributed by atoms with van der Waals surface area (Å²) in [7, 11) is 1.59. The molecule has 0 N–H and O–H groups in total. The molecule has 1 aromatic rings. The summed E-state index contributed by atoms with van der Waals surface area (Å²) in [5, 5.41) is 0. The fourth-order valence-corrected chi connectivity index (χ4v) is 2.37. The molecule has 0 saturated heterocycles. The standard InChI is InChI=1S/C14H17BrO4/c1-3-7-18-14-10(16)8-12(14)19-13-9(15)5-4-6-11(13)17-2/h4-6,12,14H,3,7-8H2,1-2H3. The number of methoxy groups -OCH3 is 1. The third-order valence-corrected chi connectivity index (χ3v) is 3.60. The molecule has 0 aliphatic heterocycles. The Hall–Kier alpha value is -1.07. The molecule has 1 aliphatic rings. The number of rotatable bonds is 6. The number of hydrogen-bond donors (Lipinski definition) is 0. The zero-order valence-electron chi connectivity index (χ0n) is 11.0. The predicted octanol–water partition coefficient (Wildman–Crippen LogP) is 2.97. The van der Waals surface area contributed by atoms with E-state index in [1.54, 1.807) is 7.11 Å². The number of ether oxygens (including phenoxy) is 3. The summed E-state index contributed by atoms with van der Waals surface area (Å²) in [6.45, 7) is 2.58. The van der Waals surface area contributed by atoms with Crippen LogP contribution in [0.25, 0.3) is 0 Å². The fraction of sp³-hybridized carbons (Fsp3) is 0.500. The van der Waals surface area contributed by atoms with Gasteiger partial charge in [0, 0.05) is 13.0 Å². The second-order valence-corrected chi connectivity index (χ2v) is 5.24. The van der Waals surface area contributed by atoms with Gasteiger partial charge in [0.2, 0.25) is 0 Å². The first kappa shape index (κ1) is 14.3. The van der Waals surface area contributed by atoms with Gasteiger partial charge in [0.1, 0.15) is 6.10 Å². The van der Waals surface area contributed by atoms with Gasteiger partial charge < -0.3 is 14.2 Å². The zero-order chi connectivity index (χ0) is 13.8. The number of ketones is 1. The van der Waals surface area contributed by atoms with Crippen LogP contribution < -0.4 is 9.47 Å². The number of para-hydroxylation sites is 1. The van der Waals surface area contributed by atoms with Gasteiger partial charge in [-0.3, -0.25) is 4.79 Å². The van der Waals surface area contributed by atoms with E-state index in [1.807, 2.05) is 25.1 Å². The number of carbonyl (C=O) groups excluding carboxylic acids is 1. The molecule has 2 atom stereocenters. The summed E-state index contributed by atoms with van der Waals surface area (Å²) in [6, 6.07) is 5.56. The lowest BCUT2D eigenvalue weighted by Gasteiger charge is -2.35. The van der Waals surface area contributed by atoms with Gasteiger partial charge >= 0.3 is 0 Å². The van der Waals surface area contributed by atoms with Crippen molar-refractivity contribution in [2.75, 3.05) is 13.7 Å².